The highest BCUT2D eigenvalue weighted by atomic mass is 19.4. The van der Waals surface area contributed by atoms with Gasteiger partial charge in [0.15, 0.2) is 0 Å². The standard InChI is InChI=1S/C7H2F14O/c8-2(9,1-22-7(19,20)21)3(10,11)4(12,13)5(14,15)6(16,17)18/h1H2. The van der Waals surface area contributed by atoms with E-state index in [-0.39, 0.29) is 0 Å². The minimum absolute atomic E-state index is 2.08. The van der Waals surface area contributed by atoms with Gasteiger partial charge in [-0.25, -0.2) is 0 Å². The van der Waals surface area contributed by atoms with Gasteiger partial charge in [0.1, 0.15) is 6.61 Å². The molecule has 0 fully saturated rings. The lowest BCUT2D eigenvalue weighted by atomic mass is 9.98. The first-order valence-electron chi connectivity index (χ1n) is 4.49. The highest BCUT2D eigenvalue weighted by Crippen LogP contribution is 2.57. The first kappa shape index (κ1) is 21.0. The second kappa shape index (κ2) is 5.26. The van der Waals surface area contributed by atoms with Crippen molar-refractivity contribution < 1.29 is 66.2 Å². The molecule has 0 atom stereocenters. The molecule has 15 heteroatoms. The highest BCUT2D eigenvalue weighted by Gasteiger charge is 2.87. The van der Waals surface area contributed by atoms with E-state index in [2.05, 4.69) is 4.74 Å². The molecule has 1 nitrogen and oxygen atoms in total. The van der Waals surface area contributed by atoms with Gasteiger partial charge in [-0.1, -0.05) is 0 Å². The molecule has 0 heterocycles. The van der Waals surface area contributed by atoms with Gasteiger partial charge in [-0.2, -0.15) is 48.3 Å². The van der Waals surface area contributed by atoms with Crippen molar-refractivity contribution in [2.75, 3.05) is 6.61 Å². The monoisotopic (exact) mass is 368 g/mol. The van der Waals surface area contributed by atoms with E-state index in [1.165, 1.54) is 0 Å². The Morgan fingerprint density at radius 3 is 1.14 bits per heavy atom. The summed E-state index contributed by atoms with van der Waals surface area (Å²) in [5.41, 5.74) is 0. The summed E-state index contributed by atoms with van der Waals surface area (Å²) in [5.74, 6) is -29.6. The Bertz CT molecular complexity index is 389. The van der Waals surface area contributed by atoms with Crippen molar-refractivity contribution in [2.24, 2.45) is 0 Å². The summed E-state index contributed by atoms with van der Waals surface area (Å²) in [4.78, 5) is 0. The van der Waals surface area contributed by atoms with E-state index in [1.54, 1.807) is 0 Å². The fraction of sp³-hybridized carbons (Fsp3) is 1.00. The molecule has 0 aromatic carbocycles. The van der Waals surface area contributed by atoms with Crippen molar-refractivity contribution in [3.8, 4) is 0 Å². The minimum atomic E-state index is -7.75. The average molecular weight is 368 g/mol. The van der Waals surface area contributed by atoms with Gasteiger partial charge in [0.25, 0.3) is 0 Å². The quantitative estimate of drug-likeness (QED) is 0.644. The van der Waals surface area contributed by atoms with E-state index in [1.807, 2.05) is 0 Å². The van der Waals surface area contributed by atoms with E-state index >= 15 is 0 Å². The third kappa shape index (κ3) is 3.48. The smallest absolute Gasteiger partial charge is 0.285 e. The van der Waals surface area contributed by atoms with Crippen LogP contribution in [-0.2, 0) is 4.74 Å². The molecule has 134 valence electrons. The zero-order valence-electron chi connectivity index (χ0n) is 9.41. The van der Waals surface area contributed by atoms with Crippen LogP contribution in [0.5, 0.6) is 0 Å². The highest BCUT2D eigenvalue weighted by molar-refractivity contribution is 5.06. The second-order valence-electron chi connectivity index (χ2n) is 3.66. The lowest BCUT2D eigenvalue weighted by Gasteiger charge is -2.37. The van der Waals surface area contributed by atoms with E-state index in [0.717, 1.165) is 0 Å². The molecule has 0 radical (unpaired) electrons. The Labute approximate surface area is 110 Å². The van der Waals surface area contributed by atoms with Crippen LogP contribution in [-0.4, -0.2) is 42.8 Å². The van der Waals surface area contributed by atoms with Crippen LogP contribution >= 0.6 is 0 Å². The minimum Gasteiger partial charge on any atom is -0.285 e. The fourth-order valence-electron chi connectivity index (χ4n) is 0.868. The summed E-state index contributed by atoms with van der Waals surface area (Å²) in [6.45, 7) is -3.60. The molecule has 0 aliphatic heterocycles. The van der Waals surface area contributed by atoms with Crippen LogP contribution in [0.2, 0.25) is 0 Å². The van der Waals surface area contributed by atoms with Crippen LogP contribution in [0.4, 0.5) is 61.5 Å². The normalized spacial score (nSPS) is 16.1. The van der Waals surface area contributed by atoms with Crippen molar-refractivity contribution in [1.29, 1.82) is 0 Å². The van der Waals surface area contributed by atoms with Gasteiger partial charge >= 0.3 is 36.2 Å². The third-order valence-electron chi connectivity index (χ3n) is 2.02. The molecule has 0 unspecified atom stereocenters. The van der Waals surface area contributed by atoms with E-state index in [4.69, 9.17) is 0 Å². The van der Waals surface area contributed by atoms with Crippen LogP contribution in [0.1, 0.15) is 0 Å². The van der Waals surface area contributed by atoms with Crippen LogP contribution in [0, 0.1) is 0 Å². The van der Waals surface area contributed by atoms with Gasteiger partial charge in [-0.3, -0.25) is 4.74 Å². The Balaban J connectivity index is 5.69. The van der Waals surface area contributed by atoms with Crippen molar-refractivity contribution in [3.05, 3.63) is 0 Å². The van der Waals surface area contributed by atoms with Crippen LogP contribution in [0.3, 0.4) is 0 Å². The predicted molar refractivity (Wildman–Crippen MR) is 37.9 cm³/mol. The molecule has 0 N–H and O–H groups in total. The molecule has 0 rings (SSSR count). The first-order chi connectivity index (χ1) is 9.21. The zero-order valence-corrected chi connectivity index (χ0v) is 9.41. The molecule has 0 amide bonds. The van der Waals surface area contributed by atoms with Gasteiger partial charge in [0, 0.05) is 0 Å². The third-order valence-corrected chi connectivity index (χ3v) is 2.02. The molecule has 0 saturated heterocycles. The summed E-state index contributed by atoms with van der Waals surface area (Å²) in [6.07, 6.45) is -13.4. The van der Waals surface area contributed by atoms with Gasteiger partial charge in [0.05, 0.1) is 0 Å². The SMILES string of the molecule is FC(F)(F)OCC(F)(F)C(F)(F)C(F)(F)C(F)(F)C(F)(F)F. The number of halogens is 14. The van der Waals surface area contributed by atoms with E-state index in [0.29, 0.717) is 0 Å². The van der Waals surface area contributed by atoms with E-state index < -0.39 is 42.8 Å². The van der Waals surface area contributed by atoms with Crippen molar-refractivity contribution >= 4 is 0 Å². The number of rotatable bonds is 5. The molecule has 0 spiro atoms. The Hall–Kier alpha value is -1.02. The molecule has 0 saturated carbocycles. The molecule has 0 aromatic rings. The maximum atomic E-state index is 12.7. The van der Waals surface area contributed by atoms with Gasteiger partial charge in [0.2, 0.25) is 0 Å². The molecule has 0 aromatic heterocycles. The molecule has 0 bridgehead atoms. The van der Waals surface area contributed by atoms with Gasteiger partial charge in [-0.15, -0.1) is 13.2 Å². The summed E-state index contributed by atoms with van der Waals surface area (Å²) in [6, 6.07) is 0. The second-order valence-corrected chi connectivity index (χ2v) is 3.66. The fourth-order valence-corrected chi connectivity index (χ4v) is 0.868. The van der Waals surface area contributed by atoms with E-state index in [9.17, 15) is 61.5 Å². The molecule has 0 aliphatic carbocycles. The van der Waals surface area contributed by atoms with Crippen molar-refractivity contribution in [2.45, 2.75) is 36.2 Å². The Morgan fingerprint density at radius 2 is 0.864 bits per heavy atom. The largest absolute Gasteiger partial charge is 0.522 e. The van der Waals surface area contributed by atoms with Gasteiger partial charge < -0.3 is 0 Å². The molecule has 0 aliphatic rings. The van der Waals surface area contributed by atoms with Crippen LogP contribution < -0.4 is 0 Å². The predicted octanol–water partition coefficient (Wildman–Crippen LogP) is 4.63. The van der Waals surface area contributed by atoms with Crippen LogP contribution in [0.15, 0.2) is 0 Å². The Kier molecular flexibility index (Phi) is 5.02. The topological polar surface area (TPSA) is 9.23 Å². The number of hydrogen-bond donors (Lipinski definition) is 0. The lowest BCUT2D eigenvalue weighted by molar-refractivity contribution is -0.432. The maximum absolute atomic E-state index is 12.7. The number of alkyl halides is 14. The molecule has 22 heavy (non-hydrogen) atoms. The maximum Gasteiger partial charge on any atom is 0.522 e. The van der Waals surface area contributed by atoms with Crippen molar-refractivity contribution in [3.63, 3.8) is 0 Å². The Morgan fingerprint density at radius 1 is 0.500 bits per heavy atom. The van der Waals surface area contributed by atoms with Crippen molar-refractivity contribution in [1.82, 2.24) is 0 Å². The van der Waals surface area contributed by atoms with Gasteiger partial charge in [-0.05, 0) is 0 Å². The number of ether oxygens (including phenoxy) is 1. The summed E-state index contributed by atoms with van der Waals surface area (Å²) >= 11 is 0. The summed E-state index contributed by atoms with van der Waals surface area (Å²) in [7, 11) is 0. The lowest BCUT2D eigenvalue weighted by Crippen LogP contribution is -2.67. The van der Waals surface area contributed by atoms with Crippen LogP contribution in [0.25, 0.3) is 0 Å². The number of hydrogen-bond acceptors (Lipinski definition) is 1. The molecular formula is C7H2F14O. The zero-order chi connectivity index (χ0) is 18.4. The first-order valence-corrected chi connectivity index (χ1v) is 4.49. The summed E-state index contributed by atoms with van der Waals surface area (Å²) in [5, 5.41) is 0. The average Bonchev–Trinajstić information content (AvgIpc) is 2.23. The summed E-state index contributed by atoms with van der Waals surface area (Å²) < 4.78 is 171. The molecular weight excluding hydrogens is 366 g/mol.